The Morgan fingerprint density at radius 1 is 1.20 bits per heavy atom. The number of amides is 1. The molecule has 5 heteroatoms. The number of hydrogen-bond acceptors (Lipinski definition) is 4. The lowest BCUT2D eigenvalue weighted by Crippen LogP contribution is -2.40. The van der Waals surface area contributed by atoms with Crippen molar-refractivity contribution in [1.29, 1.82) is 5.26 Å². The highest BCUT2D eigenvalue weighted by atomic mass is 16.5. The van der Waals surface area contributed by atoms with Crippen molar-refractivity contribution in [1.82, 2.24) is 4.90 Å². The first-order valence-electron chi connectivity index (χ1n) is 8.38. The predicted molar refractivity (Wildman–Crippen MR) is 96.4 cm³/mol. The van der Waals surface area contributed by atoms with Gasteiger partial charge in [-0.2, -0.15) is 5.26 Å². The summed E-state index contributed by atoms with van der Waals surface area (Å²) in [4.78, 5) is 14.4. The molecule has 0 radical (unpaired) electrons. The first-order chi connectivity index (χ1) is 12.2. The number of hydrogen-bond donors (Lipinski definition) is 1. The number of anilines is 1. The summed E-state index contributed by atoms with van der Waals surface area (Å²) in [7, 11) is 0. The zero-order chi connectivity index (χ0) is 17.6. The number of aryl methyl sites for hydroxylation is 1. The topological polar surface area (TPSA) is 65.4 Å². The van der Waals surface area contributed by atoms with E-state index in [0.29, 0.717) is 44.0 Å². The fraction of sp³-hybridized carbons (Fsp3) is 0.300. The quantitative estimate of drug-likeness (QED) is 0.933. The third kappa shape index (κ3) is 4.17. The van der Waals surface area contributed by atoms with Gasteiger partial charge in [-0.15, -0.1) is 0 Å². The lowest BCUT2D eigenvalue weighted by atomic mass is 10.1. The van der Waals surface area contributed by atoms with Crippen LogP contribution in [0, 0.1) is 18.3 Å². The second kappa shape index (κ2) is 7.82. The number of nitrogens with zero attached hydrogens (tertiary/aromatic N) is 2. The van der Waals surface area contributed by atoms with E-state index in [0.717, 1.165) is 16.8 Å². The maximum atomic E-state index is 12.5. The van der Waals surface area contributed by atoms with Gasteiger partial charge in [0.15, 0.2) is 0 Å². The second-order valence-corrected chi connectivity index (χ2v) is 6.10. The smallest absolute Gasteiger partial charge is 0.254 e. The molecule has 1 saturated heterocycles. The maximum absolute atomic E-state index is 12.5. The van der Waals surface area contributed by atoms with Crippen LogP contribution in [0.25, 0.3) is 0 Å². The van der Waals surface area contributed by atoms with Gasteiger partial charge in [-0.25, -0.2) is 0 Å². The van der Waals surface area contributed by atoms with E-state index in [-0.39, 0.29) is 5.91 Å². The maximum Gasteiger partial charge on any atom is 0.254 e. The number of ether oxygens (including phenoxy) is 1. The molecular formula is C20H21N3O2. The Morgan fingerprint density at radius 3 is 2.56 bits per heavy atom. The fourth-order valence-electron chi connectivity index (χ4n) is 2.84. The normalized spacial score (nSPS) is 14.0. The van der Waals surface area contributed by atoms with Gasteiger partial charge in [0.25, 0.3) is 5.91 Å². The van der Waals surface area contributed by atoms with Crippen LogP contribution in [-0.4, -0.2) is 37.1 Å². The number of carbonyl (C=O) groups is 1. The number of nitriles is 1. The van der Waals surface area contributed by atoms with E-state index >= 15 is 0 Å². The average Bonchev–Trinajstić information content (AvgIpc) is 2.67. The van der Waals surface area contributed by atoms with Gasteiger partial charge in [0.1, 0.15) is 0 Å². The Morgan fingerprint density at radius 2 is 1.92 bits per heavy atom. The lowest BCUT2D eigenvalue weighted by molar-refractivity contribution is 0.0303. The molecular weight excluding hydrogens is 314 g/mol. The van der Waals surface area contributed by atoms with Crippen LogP contribution in [0.3, 0.4) is 0 Å². The fourth-order valence-corrected chi connectivity index (χ4v) is 2.84. The molecule has 1 N–H and O–H groups in total. The molecule has 0 aliphatic carbocycles. The Labute approximate surface area is 147 Å². The summed E-state index contributed by atoms with van der Waals surface area (Å²) < 4.78 is 5.30. The molecule has 0 unspecified atom stereocenters. The first kappa shape index (κ1) is 17.0. The minimum Gasteiger partial charge on any atom is -0.381 e. The summed E-state index contributed by atoms with van der Waals surface area (Å²) in [5, 5.41) is 12.2. The van der Waals surface area contributed by atoms with Gasteiger partial charge in [0, 0.05) is 30.9 Å². The molecule has 2 aromatic carbocycles. The summed E-state index contributed by atoms with van der Waals surface area (Å²) in [6.45, 7) is 5.18. The molecule has 0 saturated carbocycles. The van der Waals surface area contributed by atoms with Gasteiger partial charge in [-0.1, -0.05) is 12.1 Å². The van der Waals surface area contributed by atoms with E-state index in [1.807, 2.05) is 54.3 Å². The minimum atomic E-state index is 0.0602. The van der Waals surface area contributed by atoms with E-state index in [9.17, 15) is 4.79 Å². The van der Waals surface area contributed by atoms with E-state index < -0.39 is 0 Å². The van der Waals surface area contributed by atoms with Crippen LogP contribution in [-0.2, 0) is 11.3 Å². The monoisotopic (exact) mass is 335 g/mol. The number of benzene rings is 2. The molecule has 25 heavy (non-hydrogen) atoms. The Kier molecular flexibility index (Phi) is 5.32. The van der Waals surface area contributed by atoms with Crippen molar-refractivity contribution < 1.29 is 9.53 Å². The van der Waals surface area contributed by atoms with Crippen LogP contribution in [0.15, 0.2) is 42.5 Å². The number of carbonyl (C=O) groups excluding carboxylic acids is 1. The van der Waals surface area contributed by atoms with Crippen molar-refractivity contribution >= 4 is 11.6 Å². The molecule has 0 atom stereocenters. The largest absolute Gasteiger partial charge is 0.381 e. The standard InChI is InChI=1S/C20H21N3O2/c1-15-12-18(20(24)23-8-10-25-11-9-23)6-7-19(15)22-14-17-4-2-16(13-21)3-5-17/h2-7,12,22H,8-11,14H2,1H3. The van der Waals surface area contributed by atoms with Crippen LogP contribution in [0.2, 0.25) is 0 Å². The highest BCUT2D eigenvalue weighted by molar-refractivity contribution is 5.95. The van der Waals surface area contributed by atoms with E-state index in [1.165, 1.54) is 0 Å². The molecule has 0 spiro atoms. The third-order valence-electron chi connectivity index (χ3n) is 4.34. The van der Waals surface area contributed by atoms with Gasteiger partial charge in [0.05, 0.1) is 24.8 Å². The van der Waals surface area contributed by atoms with Crippen molar-refractivity contribution in [2.24, 2.45) is 0 Å². The average molecular weight is 335 g/mol. The molecule has 1 heterocycles. The highest BCUT2D eigenvalue weighted by Gasteiger charge is 2.18. The first-order valence-corrected chi connectivity index (χ1v) is 8.38. The molecule has 0 aromatic heterocycles. The highest BCUT2D eigenvalue weighted by Crippen LogP contribution is 2.19. The zero-order valence-corrected chi connectivity index (χ0v) is 14.3. The van der Waals surface area contributed by atoms with Crippen LogP contribution in [0.4, 0.5) is 5.69 Å². The minimum absolute atomic E-state index is 0.0602. The SMILES string of the molecule is Cc1cc(C(=O)N2CCOCC2)ccc1NCc1ccc(C#N)cc1. The molecule has 1 fully saturated rings. The van der Waals surface area contributed by atoms with Gasteiger partial charge >= 0.3 is 0 Å². The van der Waals surface area contributed by atoms with Crippen molar-refractivity contribution in [3.8, 4) is 6.07 Å². The number of morpholine rings is 1. The van der Waals surface area contributed by atoms with Crippen LogP contribution >= 0.6 is 0 Å². The van der Waals surface area contributed by atoms with Gasteiger partial charge < -0.3 is 15.0 Å². The van der Waals surface area contributed by atoms with Gasteiger partial charge in [-0.05, 0) is 48.4 Å². The predicted octanol–water partition coefficient (Wildman–Crippen LogP) is 2.95. The van der Waals surface area contributed by atoms with Gasteiger partial charge in [0.2, 0.25) is 0 Å². The van der Waals surface area contributed by atoms with Crippen LogP contribution in [0.5, 0.6) is 0 Å². The van der Waals surface area contributed by atoms with Crippen molar-refractivity contribution in [2.45, 2.75) is 13.5 Å². The van der Waals surface area contributed by atoms with E-state index in [2.05, 4.69) is 11.4 Å². The van der Waals surface area contributed by atoms with Gasteiger partial charge in [-0.3, -0.25) is 4.79 Å². The van der Waals surface area contributed by atoms with Crippen molar-refractivity contribution in [2.75, 3.05) is 31.6 Å². The molecule has 1 aliphatic heterocycles. The number of rotatable bonds is 4. The van der Waals surface area contributed by atoms with Crippen LogP contribution < -0.4 is 5.32 Å². The Bertz CT molecular complexity index is 788. The molecule has 1 aliphatic rings. The molecule has 3 rings (SSSR count). The third-order valence-corrected chi connectivity index (χ3v) is 4.34. The summed E-state index contributed by atoms with van der Waals surface area (Å²) >= 11 is 0. The molecule has 128 valence electrons. The van der Waals surface area contributed by atoms with Crippen molar-refractivity contribution in [3.05, 3.63) is 64.7 Å². The summed E-state index contributed by atoms with van der Waals surface area (Å²) in [6.07, 6.45) is 0. The molecule has 1 amide bonds. The zero-order valence-electron chi connectivity index (χ0n) is 14.3. The van der Waals surface area contributed by atoms with E-state index in [4.69, 9.17) is 10.00 Å². The Hall–Kier alpha value is -2.84. The molecule has 5 nitrogen and oxygen atoms in total. The van der Waals surface area contributed by atoms with Crippen molar-refractivity contribution in [3.63, 3.8) is 0 Å². The number of nitrogens with one attached hydrogen (secondary N) is 1. The molecule has 0 bridgehead atoms. The second-order valence-electron chi connectivity index (χ2n) is 6.10. The lowest BCUT2D eigenvalue weighted by Gasteiger charge is -2.27. The van der Waals surface area contributed by atoms with Crippen LogP contribution in [0.1, 0.15) is 27.0 Å². The summed E-state index contributed by atoms with van der Waals surface area (Å²) in [5.41, 5.74) is 4.51. The summed E-state index contributed by atoms with van der Waals surface area (Å²) in [5.74, 6) is 0.0602. The molecule has 2 aromatic rings. The summed E-state index contributed by atoms with van der Waals surface area (Å²) in [6, 6.07) is 15.4. The Balaban J connectivity index is 1.65. The van der Waals surface area contributed by atoms with E-state index in [1.54, 1.807) is 0 Å².